The third kappa shape index (κ3) is 7.61. The predicted molar refractivity (Wildman–Crippen MR) is 180 cm³/mol. The number of halogens is 5. The minimum atomic E-state index is -4.94. The molecule has 4 fully saturated rings. The zero-order valence-electron chi connectivity index (χ0n) is 29.2. The van der Waals surface area contributed by atoms with Crippen molar-refractivity contribution >= 4 is 22.8 Å². The first-order valence-corrected chi connectivity index (χ1v) is 18.1. The Balaban J connectivity index is 1.11. The molecule has 3 saturated carbocycles. The van der Waals surface area contributed by atoms with E-state index in [9.17, 15) is 36.6 Å². The monoisotopic (exact) mass is 733 g/mol. The average Bonchev–Trinajstić information content (AvgIpc) is 3.45. The minimum absolute atomic E-state index is 0.0897. The van der Waals surface area contributed by atoms with Crippen LogP contribution in [-0.2, 0) is 15.7 Å². The Kier molecular flexibility index (Phi) is 9.96. The van der Waals surface area contributed by atoms with E-state index in [1.807, 2.05) is 22.5 Å². The van der Waals surface area contributed by atoms with Gasteiger partial charge in [-0.05, 0) is 88.7 Å². The van der Waals surface area contributed by atoms with Crippen LogP contribution in [0.3, 0.4) is 0 Å². The van der Waals surface area contributed by atoms with Gasteiger partial charge in [0.25, 0.3) is 11.8 Å². The fourth-order valence-electron chi connectivity index (χ4n) is 9.02. The molecule has 2 bridgehead atoms. The first kappa shape index (κ1) is 36.5. The van der Waals surface area contributed by atoms with Crippen molar-refractivity contribution in [2.24, 2.45) is 17.8 Å². The summed E-state index contributed by atoms with van der Waals surface area (Å²) in [6.45, 7) is 1.85. The van der Waals surface area contributed by atoms with E-state index in [0.717, 1.165) is 38.3 Å². The van der Waals surface area contributed by atoms with E-state index < -0.39 is 41.2 Å². The Labute approximate surface area is 298 Å². The van der Waals surface area contributed by atoms with Gasteiger partial charge in [-0.1, -0.05) is 0 Å². The maximum Gasteiger partial charge on any atom is 0.434 e. The number of hydrogen-bond donors (Lipinski definition) is 2. The van der Waals surface area contributed by atoms with Crippen LogP contribution in [0.15, 0.2) is 30.6 Å². The van der Waals surface area contributed by atoms with Gasteiger partial charge < -0.3 is 24.5 Å². The lowest BCUT2D eigenvalue weighted by Crippen LogP contribution is -2.60. The predicted octanol–water partition coefficient (Wildman–Crippen LogP) is 6.97. The summed E-state index contributed by atoms with van der Waals surface area (Å²) >= 11 is 0. The van der Waals surface area contributed by atoms with E-state index in [1.54, 1.807) is 25.4 Å². The van der Waals surface area contributed by atoms with E-state index in [-0.39, 0.29) is 55.0 Å². The number of carboxylic acids is 1. The molecule has 7 rings (SSSR count). The van der Waals surface area contributed by atoms with Gasteiger partial charge in [-0.25, -0.2) is 18.7 Å². The molecule has 1 saturated heterocycles. The maximum atomic E-state index is 14.5. The molecular formula is C37H44F5N5O5. The molecule has 1 aromatic carbocycles. The summed E-state index contributed by atoms with van der Waals surface area (Å²) in [5, 5.41) is 12.8. The van der Waals surface area contributed by atoms with Gasteiger partial charge in [0.05, 0.1) is 48.8 Å². The molecule has 0 radical (unpaired) electrons. The third-order valence-electron chi connectivity index (χ3n) is 11.4. The first-order chi connectivity index (χ1) is 24.7. The number of nitrogens with one attached hydrogen (secondary N) is 1. The number of likely N-dealkylation sites (tertiary alicyclic amines) is 1. The number of alkyl halides is 5. The van der Waals surface area contributed by atoms with Crippen LogP contribution in [0.5, 0.6) is 5.75 Å². The highest BCUT2D eigenvalue weighted by atomic mass is 19.4. The molecule has 3 aliphatic carbocycles. The molecule has 2 N–H and O–H groups in total. The van der Waals surface area contributed by atoms with Gasteiger partial charge in [-0.2, -0.15) is 13.2 Å². The normalized spacial score (nSPS) is 28.2. The summed E-state index contributed by atoms with van der Waals surface area (Å²) in [7, 11) is 1.56. The van der Waals surface area contributed by atoms with Gasteiger partial charge >= 0.3 is 12.1 Å². The number of carbonyl (C=O) groups is 2. The standard InChI is InChI=1S/C37H44F5N5O5/c1-20(17-51-2)47-16-30(28-8-7-27(14-31(28)47)52-26-5-3-25(4-6-26)46-18-36(38,39)19-46)33-43-15-29(32(45-33)37(40,41)42)34(48)44-24-12-21-9-22(13-24)11-23(10-21)35(49)50/h7-8,14-16,20-26H,3-6,9-13,17-19H2,1-2H3,(H,44,48)(H,49,50)/t20-,21?,22?,23?,24?,25-,26+/m1/s1. The van der Waals surface area contributed by atoms with Crippen molar-refractivity contribution in [2.45, 2.75) is 101 Å². The number of carbonyl (C=O) groups excluding carboxylic acids is 1. The molecule has 0 spiro atoms. The van der Waals surface area contributed by atoms with Crippen LogP contribution in [0.25, 0.3) is 22.3 Å². The van der Waals surface area contributed by atoms with Gasteiger partial charge in [0.15, 0.2) is 11.5 Å². The van der Waals surface area contributed by atoms with Crippen molar-refractivity contribution in [3.8, 4) is 17.1 Å². The average molecular weight is 734 g/mol. The van der Waals surface area contributed by atoms with E-state index in [2.05, 4.69) is 15.3 Å². The SMILES string of the molecule is COC[C@@H](C)n1cc(-c2ncc(C(=O)NC3CC4CC(C3)CC(C(=O)O)C4)c(C(F)(F)F)n2)c2ccc(O[C@H]3CC[C@@H](N4CC(F)(F)C4)CC3)cc21. The molecule has 3 aromatic rings. The summed E-state index contributed by atoms with van der Waals surface area (Å²) < 4.78 is 84.0. The van der Waals surface area contributed by atoms with Crippen LogP contribution in [-0.4, -0.2) is 87.3 Å². The van der Waals surface area contributed by atoms with Gasteiger partial charge in [-0.15, -0.1) is 0 Å². The molecular weight excluding hydrogens is 689 g/mol. The topological polar surface area (TPSA) is 119 Å². The number of amides is 1. The first-order valence-electron chi connectivity index (χ1n) is 18.1. The molecule has 2 unspecified atom stereocenters. The number of ether oxygens (including phenoxy) is 2. The Bertz CT molecular complexity index is 1790. The molecule has 4 aliphatic rings. The van der Waals surface area contributed by atoms with Gasteiger partial charge in [0, 0.05) is 48.6 Å². The smallest absolute Gasteiger partial charge is 0.434 e. The van der Waals surface area contributed by atoms with Crippen LogP contribution in [0.4, 0.5) is 22.0 Å². The van der Waals surface area contributed by atoms with Crippen LogP contribution in [0.1, 0.15) is 86.8 Å². The van der Waals surface area contributed by atoms with E-state index in [4.69, 9.17) is 9.47 Å². The molecule has 1 aliphatic heterocycles. The van der Waals surface area contributed by atoms with Crippen molar-refractivity contribution in [3.63, 3.8) is 0 Å². The highest BCUT2D eigenvalue weighted by Crippen LogP contribution is 2.43. The number of aliphatic carboxylic acids is 1. The molecule has 1 amide bonds. The van der Waals surface area contributed by atoms with Crippen molar-refractivity contribution in [1.29, 1.82) is 0 Å². The second kappa shape index (κ2) is 14.2. The summed E-state index contributed by atoms with van der Waals surface area (Å²) in [4.78, 5) is 35.0. The van der Waals surface area contributed by atoms with Crippen LogP contribution in [0.2, 0.25) is 0 Å². The quantitative estimate of drug-likeness (QED) is 0.215. The van der Waals surface area contributed by atoms with Gasteiger partial charge in [-0.3, -0.25) is 14.5 Å². The number of nitrogens with zero attached hydrogens (tertiary/aromatic N) is 4. The number of rotatable bonds is 10. The fraction of sp³-hybridized carbons (Fsp3) is 0.622. The largest absolute Gasteiger partial charge is 0.490 e. The number of benzene rings is 1. The van der Waals surface area contributed by atoms with Gasteiger partial charge in [0.1, 0.15) is 5.75 Å². The Hall–Kier alpha value is -3.85. The number of methoxy groups -OCH3 is 1. The van der Waals surface area contributed by atoms with Crippen LogP contribution < -0.4 is 10.1 Å². The summed E-state index contributed by atoms with van der Waals surface area (Å²) in [5.74, 6) is -4.19. The zero-order valence-corrected chi connectivity index (χ0v) is 29.2. The van der Waals surface area contributed by atoms with Gasteiger partial charge in [0.2, 0.25) is 0 Å². The Morgan fingerprint density at radius 1 is 1.06 bits per heavy atom. The molecule has 2 aromatic heterocycles. The van der Waals surface area contributed by atoms with Crippen molar-refractivity contribution in [3.05, 3.63) is 41.9 Å². The second-order valence-corrected chi connectivity index (χ2v) is 15.3. The minimum Gasteiger partial charge on any atom is -0.490 e. The van der Waals surface area contributed by atoms with Crippen LogP contribution >= 0.6 is 0 Å². The number of hydrogen-bond acceptors (Lipinski definition) is 7. The molecule has 3 atom stereocenters. The van der Waals surface area contributed by atoms with Crippen molar-refractivity contribution in [2.75, 3.05) is 26.8 Å². The number of carboxylic acid groups (broad SMARTS) is 1. The fourth-order valence-corrected chi connectivity index (χ4v) is 9.02. The molecule has 10 nitrogen and oxygen atoms in total. The zero-order chi connectivity index (χ0) is 36.9. The lowest BCUT2D eigenvalue weighted by molar-refractivity contribution is -0.151. The number of fused-ring (bicyclic) bond motifs is 3. The van der Waals surface area contributed by atoms with Crippen molar-refractivity contribution < 1.29 is 46.1 Å². The molecule has 282 valence electrons. The summed E-state index contributed by atoms with van der Waals surface area (Å²) in [6.07, 6.45) is 3.42. The van der Waals surface area contributed by atoms with Crippen molar-refractivity contribution in [1.82, 2.24) is 24.8 Å². The van der Waals surface area contributed by atoms with E-state index in [1.165, 1.54) is 0 Å². The highest BCUT2D eigenvalue weighted by molar-refractivity contribution is 5.97. The highest BCUT2D eigenvalue weighted by Gasteiger charge is 2.47. The maximum absolute atomic E-state index is 14.5. The third-order valence-corrected chi connectivity index (χ3v) is 11.4. The summed E-state index contributed by atoms with van der Waals surface area (Å²) in [5.41, 5.74) is -0.970. The van der Waals surface area contributed by atoms with E-state index >= 15 is 0 Å². The second-order valence-electron chi connectivity index (χ2n) is 15.3. The summed E-state index contributed by atoms with van der Waals surface area (Å²) in [6, 6.07) is 4.88. The van der Waals surface area contributed by atoms with E-state index in [0.29, 0.717) is 54.5 Å². The number of aromatic nitrogens is 3. The molecule has 3 heterocycles. The lowest BCUT2D eigenvalue weighted by Gasteiger charge is -2.46. The van der Waals surface area contributed by atoms with Crippen LogP contribution in [0, 0.1) is 17.8 Å². The molecule has 52 heavy (non-hydrogen) atoms. The molecule has 15 heteroatoms. The lowest BCUT2D eigenvalue weighted by atomic mass is 9.66. The Morgan fingerprint density at radius 2 is 1.75 bits per heavy atom. The Morgan fingerprint density at radius 3 is 2.37 bits per heavy atom.